The molecule has 0 aromatic carbocycles. The molecule has 0 rings (SSSR count). The van der Waals surface area contributed by atoms with Crippen molar-refractivity contribution < 1.29 is 48.3 Å². The van der Waals surface area contributed by atoms with E-state index in [4.69, 9.17) is 34.9 Å². The summed E-state index contributed by atoms with van der Waals surface area (Å²) in [7, 11) is 0. The average Bonchev–Trinajstić information content (AvgIpc) is 2.75. The first-order valence-corrected chi connectivity index (χ1v) is 11.4. The number of aliphatic carboxylic acids is 2. The van der Waals surface area contributed by atoms with E-state index in [2.05, 4.69) is 0 Å². The molecule has 11 nitrogen and oxygen atoms in total. The number of hydrogen-bond acceptors (Lipinski definition) is 9. The van der Waals surface area contributed by atoms with Crippen LogP contribution in [0.5, 0.6) is 0 Å². The Morgan fingerprint density at radius 2 is 0.909 bits per heavy atom. The molecule has 0 amide bonds. The number of carbonyl (C=O) groups is 4. The van der Waals surface area contributed by atoms with Gasteiger partial charge in [-0.15, -0.1) is 0 Å². The molecule has 0 unspecified atom stereocenters. The zero-order chi connectivity index (χ0) is 25.9. The van der Waals surface area contributed by atoms with Crippen LogP contribution in [-0.2, 0) is 28.5 Å². The number of unbranched alkanes of at least 4 members (excludes halogenated alkanes) is 4. The number of carboxylic acid groups (broad SMARTS) is 2. The highest BCUT2D eigenvalue weighted by molar-refractivity contribution is 5.80. The van der Waals surface area contributed by atoms with Crippen LogP contribution >= 0.6 is 0 Å². The molecule has 0 aliphatic heterocycles. The Morgan fingerprint density at radius 3 is 1.06 bits per heavy atom. The van der Waals surface area contributed by atoms with Gasteiger partial charge in [-0.25, -0.2) is 9.59 Å². The molecular weight excluding hydrogens is 438 g/mol. The maximum Gasteiger partial charge on any atom is 0.508 e. The number of rotatable bonds is 15. The Bertz CT molecular complexity index is 448. The van der Waals surface area contributed by atoms with Crippen LogP contribution in [0.2, 0.25) is 0 Å². The lowest BCUT2D eigenvalue weighted by atomic mass is 10.2. The summed E-state index contributed by atoms with van der Waals surface area (Å²) in [6, 6.07) is -1.29. The second-order valence-corrected chi connectivity index (χ2v) is 6.85. The fraction of sp³-hybridized carbons (Fsp3) is 0.818. The zero-order valence-electron chi connectivity index (χ0n) is 20.5. The minimum absolute atomic E-state index is 0.474. The lowest BCUT2D eigenvalue weighted by Gasteiger charge is -2.04. The summed E-state index contributed by atoms with van der Waals surface area (Å²) in [6.07, 6.45) is 6.15. The predicted molar refractivity (Wildman–Crippen MR) is 122 cm³/mol. The van der Waals surface area contributed by atoms with Gasteiger partial charge >= 0.3 is 24.2 Å². The maximum atomic E-state index is 10.7. The topological polar surface area (TPSA) is 172 Å². The van der Waals surface area contributed by atoms with Gasteiger partial charge in [0.1, 0.15) is 6.04 Å². The van der Waals surface area contributed by atoms with E-state index in [1.165, 1.54) is 0 Å². The van der Waals surface area contributed by atoms with E-state index >= 15 is 0 Å². The van der Waals surface area contributed by atoms with Gasteiger partial charge in [-0.2, -0.15) is 0 Å². The fourth-order valence-corrected chi connectivity index (χ4v) is 1.56. The van der Waals surface area contributed by atoms with Crippen molar-refractivity contribution in [2.45, 2.75) is 91.5 Å². The third kappa shape index (κ3) is 34.3. The van der Waals surface area contributed by atoms with Crippen molar-refractivity contribution in [1.29, 1.82) is 0 Å². The average molecular weight is 482 g/mol. The Morgan fingerprint density at radius 1 is 0.636 bits per heavy atom. The first-order chi connectivity index (χ1) is 15.7. The predicted octanol–water partition coefficient (Wildman–Crippen LogP) is 4.35. The fourth-order valence-electron chi connectivity index (χ4n) is 1.56. The molecule has 196 valence electrons. The molecule has 0 fully saturated rings. The van der Waals surface area contributed by atoms with Gasteiger partial charge in [0.15, 0.2) is 0 Å². The molecule has 0 heterocycles. The molecule has 0 aliphatic rings. The number of nitrogens with two attached hydrogens (primary N) is 1. The van der Waals surface area contributed by atoms with Gasteiger partial charge in [0.25, 0.3) is 0 Å². The monoisotopic (exact) mass is 481 g/mol. The summed E-state index contributed by atoms with van der Waals surface area (Å²) in [5.74, 6) is -2.50. The molecule has 33 heavy (non-hydrogen) atoms. The molecular formula is C22H43NO10. The maximum absolute atomic E-state index is 10.7. The SMILES string of the molecule is CCCCOC(=O)OCCCC.CCCCOC(=O)OCCCC.N[C@@H](CC(=O)O)C(=O)O. The minimum atomic E-state index is -1.29. The van der Waals surface area contributed by atoms with Crippen LogP contribution in [0, 0.1) is 0 Å². The van der Waals surface area contributed by atoms with Gasteiger partial charge in [0.2, 0.25) is 0 Å². The third-order valence-corrected chi connectivity index (χ3v) is 3.58. The molecule has 0 aromatic heterocycles. The molecule has 0 spiro atoms. The van der Waals surface area contributed by atoms with E-state index in [1.807, 2.05) is 27.7 Å². The van der Waals surface area contributed by atoms with Crippen molar-refractivity contribution in [2.24, 2.45) is 5.73 Å². The van der Waals surface area contributed by atoms with Gasteiger partial charge in [-0.3, -0.25) is 9.59 Å². The molecule has 0 saturated carbocycles. The van der Waals surface area contributed by atoms with E-state index in [9.17, 15) is 19.2 Å². The molecule has 1 atom stereocenters. The zero-order valence-corrected chi connectivity index (χ0v) is 20.5. The largest absolute Gasteiger partial charge is 0.508 e. The normalized spacial score (nSPS) is 10.3. The number of ether oxygens (including phenoxy) is 4. The lowest BCUT2D eigenvalue weighted by molar-refractivity contribution is -0.144. The highest BCUT2D eigenvalue weighted by atomic mass is 16.7. The van der Waals surface area contributed by atoms with Crippen LogP contribution in [-0.4, -0.2) is 66.9 Å². The second-order valence-electron chi connectivity index (χ2n) is 6.85. The summed E-state index contributed by atoms with van der Waals surface area (Å²) in [6.45, 7) is 10.1. The van der Waals surface area contributed by atoms with Crippen molar-refractivity contribution in [3.8, 4) is 0 Å². The minimum Gasteiger partial charge on any atom is -0.481 e. The van der Waals surface area contributed by atoms with Gasteiger partial charge in [-0.05, 0) is 25.7 Å². The summed E-state index contributed by atoms with van der Waals surface area (Å²) in [5.41, 5.74) is 4.84. The van der Waals surface area contributed by atoms with Crippen LogP contribution in [0.4, 0.5) is 9.59 Å². The van der Waals surface area contributed by atoms with Crippen molar-refractivity contribution >= 4 is 24.2 Å². The molecule has 0 saturated heterocycles. The van der Waals surface area contributed by atoms with E-state index in [1.54, 1.807) is 0 Å². The smallest absolute Gasteiger partial charge is 0.481 e. The lowest BCUT2D eigenvalue weighted by Crippen LogP contribution is -2.32. The van der Waals surface area contributed by atoms with Crippen LogP contribution in [0.3, 0.4) is 0 Å². The first-order valence-electron chi connectivity index (χ1n) is 11.4. The van der Waals surface area contributed by atoms with E-state index in [0.29, 0.717) is 26.4 Å². The third-order valence-electron chi connectivity index (χ3n) is 3.58. The van der Waals surface area contributed by atoms with Crippen molar-refractivity contribution in [2.75, 3.05) is 26.4 Å². The van der Waals surface area contributed by atoms with Gasteiger partial charge in [0.05, 0.1) is 32.8 Å². The second kappa shape index (κ2) is 27.5. The quantitative estimate of drug-likeness (QED) is 0.224. The Kier molecular flexibility index (Phi) is 29.2. The summed E-state index contributed by atoms with van der Waals surface area (Å²) in [4.78, 5) is 41.1. The Balaban J connectivity index is -0.000000414. The summed E-state index contributed by atoms with van der Waals surface area (Å²) < 4.78 is 19.1. The van der Waals surface area contributed by atoms with Crippen molar-refractivity contribution in [3.05, 3.63) is 0 Å². The number of carboxylic acids is 2. The summed E-state index contributed by atoms with van der Waals surface area (Å²) >= 11 is 0. The number of carbonyl (C=O) groups excluding carboxylic acids is 2. The van der Waals surface area contributed by atoms with Crippen LogP contribution < -0.4 is 5.73 Å². The summed E-state index contributed by atoms with van der Waals surface area (Å²) in [5, 5.41) is 16.0. The molecule has 0 radical (unpaired) electrons. The van der Waals surface area contributed by atoms with Crippen LogP contribution in [0.1, 0.15) is 85.5 Å². The number of hydrogen-bond donors (Lipinski definition) is 3. The first kappa shape index (κ1) is 35.0. The highest BCUT2D eigenvalue weighted by Gasteiger charge is 2.14. The molecule has 0 aliphatic carbocycles. The van der Waals surface area contributed by atoms with E-state index < -0.39 is 36.7 Å². The van der Waals surface area contributed by atoms with Gasteiger partial charge in [0, 0.05) is 0 Å². The van der Waals surface area contributed by atoms with Crippen LogP contribution in [0.25, 0.3) is 0 Å². The van der Waals surface area contributed by atoms with E-state index in [-0.39, 0.29) is 0 Å². The molecule has 0 aromatic rings. The van der Waals surface area contributed by atoms with Crippen molar-refractivity contribution in [3.63, 3.8) is 0 Å². The van der Waals surface area contributed by atoms with Crippen LogP contribution in [0.15, 0.2) is 0 Å². The van der Waals surface area contributed by atoms with Crippen molar-refractivity contribution in [1.82, 2.24) is 0 Å². The van der Waals surface area contributed by atoms with Gasteiger partial charge in [-0.1, -0.05) is 53.4 Å². The highest BCUT2D eigenvalue weighted by Crippen LogP contribution is 1.95. The standard InChI is InChI=1S/2C9H18O3.C4H7NO4/c2*1-3-5-7-11-9(10)12-8-6-4-2;5-2(4(8)9)1-3(6)7/h2*3-8H2,1-2H3;2H,1,5H2,(H,6,7)(H,8,9)/t;;2-/m..0/s1. The Labute approximate surface area is 196 Å². The molecule has 4 N–H and O–H groups in total. The molecule has 0 bridgehead atoms. The van der Waals surface area contributed by atoms with Gasteiger partial charge < -0.3 is 34.9 Å². The molecule has 11 heteroatoms. The van der Waals surface area contributed by atoms with E-state index in [0.717, 1.165) is 51.4 Å². The Hall–Kier alpha value is -2.56.